The molecule has 0 fully saturated rings. The summed E-state index contributed by atoms with van der Waals surface area (Å²) in [4.78, 5) is 4.93. The number of para-hydroxylation sites is 5. The van der Waals surface area contributed by atoms with Gasteiger partial charge in [0.2, 0.25) is 0 Å². The average molecular weight is 1150 g/mol. The fourth-order valence-corrected chi connectivity index (χ4v) is 12.7. The Kier molecular flexibility index (Phi) is 10.2. The van der Waals surface area contributed by atoms with E-state index in [1.807, 2.05) is 12.3 Å². The Hall–Kier alpha value is -8.31. The van der Waals surface area contributed by atoms with Gasteiger partial charge in [-0.2, -0.15) is 0 Å². The molecule has 366 valence electrons. The summed E-state index contributed by atoms with van der Waals surface area (Å²) in [5, 5.41) is 7.36. The molecule has 75 heavy (non-hydrogen) atoms. The SMILES string of the molecule is CC(C)(C)c1cc(-c2cccc(-c3ccccc3)c2-n2[c](=[Pt])n(-c3cccc(Oc4ccc5c6cc7c8cccc9c%10ccccc%10n(c7cc6n(-c6ccccn6)c5c4)c98)c3)c3ccccc32)cc(C(C)(C)C)c1. The van der Waals surface area contributed by atoms with Gasteiger partial charge in [0.1, 0.15) is 0 Å². The zero-order chi connectivity index (χ0) is 50.9. The molecule has 9 aromatic carbocycles. The molecule has 5 aromatic heterocycles. The standard InChI is InChI=1S/C68H53N5O.Pt/c1-67(2,3)45-35-44(36-46(37-45)68(4,5)6)51-25-17-24-50(43-19-8-7-9-20-43)65(51)71-42-70(59-29-12-13-30-60(59)71)47-21-16-22-48(38-47)74-49-32-33-53-56-40-57-55-27-18-26-54-52-23-10-11-28-58(52)73(66(54)55)63(57)41-62(56)72(61(53)39-49)64-31-14-15-34-69-64;/h7-41H,1-6H3;. The number of pyridine rings is 1. The first-order valence-electron chi connectivity index (χ1n) is 25.8. The van der Waals surface area contributed by atoms with Gasteiger partial charge in [-0.3, -0.25) is 0 Å². The Morgan fingerprint density at radius 2 is 0.987 bits per heavy atom. The molecule has 0 atom stereocenters. The second-order valence-electron chi connectivity index (χ2n) is 22.0. The van der Waals surface area contributed by atoms with Crippen LogP contribution < -0.4 is 4.74 Å². The van der Waals surface area contributed by atoms with Crippen LogP contribution in [0.25, 0.3) is 110 Å². The third-order valence-corrected chi connectivity index (χ3v) is 16.3. The summed E-state index contributed by atoms with van der Waals surface area (Å²) in [7, 11) is 0. The molecule has 0 unspecified atom stereocenters. The van der Waals surface area contributed by atoms with Crippen molar-refractivity contribution >= 4 is 70.9 Å². The van der Waals surface area contributed by atoms with Crippen LogP contribution in [0.15, 0.2) is 212 Å². The molecule has 14 aromatic rings. The Morgan fingerprint density at radius 1 is 0.400 bits per heavy atom. The molecule has 6 nitrogen and oxygen atoms in total. The summed E-state index contributed by atoms with van der Waals surface area (Å²) in [6.45, 7) is 13.9. The van der Waals surface area contributed by atoms with Crippen LogP contribution in [0.1, 0.15) is 52.7 Å². The maximum absolute atomic E-state index is 6.95. The molecule has 5 heterocycles. The number of fused-ring (bicyclic) bond motifs is 10. The molecule has 0 bridgehead atoms. The summed E-state index contributed by atoms with van der Waals surface area (Å²) in [6.07, 6.45) is 1.87. The molecule has 0 spiro atoms. The first-order chi connectivity index (χ1) is 36.4. The molecule has 14 rings (SSSR count). The van der Waals surface area contributed by atoms with Crippen molar-refractivity contribution < 1.29 is 24.1 Å². The van der Waals surface area contributed by atoms with E-state index < -0.39 is 0 Å². The number of hydrogen-bond acceptors (Lipinski definition) is 2. The number of imidazole rings is 1. The zero-order valence-electron chi connectivity index (χ0n) is 42.7. The quantitative estimate of drug-likeness (QED) is 0.160. The van der Waals surface area contributed by atoms with Crippen LogP contribution in [0.3, 0.4) is 0 Å². The van der Waals surface area contributed by atoms with E-state index in [1.165, 1.54) is 71.3 Å². The van der Waals surface area contributed by atoms with Crippen molar-refractivity contribution in [3.63, 3.8) is 0 Å². The molecule has 0 aliphatic rings. The molecule has 7 heteroatoms. The van der Waals surface area contributed by atoms with E-state index in [1.54, 1.807) is 0 Å². The fraction of sp³-hybridized carbons (Fsp3) is 0.118. The van der Waals surface area contributed by atoms with Crippen molar-refractivity contribution in [1.29, 1.82) is 0 Å². The van der Waals surface area contributed by atoms with E-state index in [9.17, 15) is 0 Å². The topological polar surface area (TPSA) is 41.3 Å². The average Bonchev–Trinajstić information content (AvgIpc) is 4.21. The number of rotatable bonds is 7. The molecule has 0 saturated carbocycles. The summed E-state index contributed by atoms with van der Waals surface area (Å²) in [5.41, 5.74) is 17.4. The summed E-state index contributed by atoms with van der Waals surface area (Å²) < 4.78 is 17.6. The van der Waals surface area contributed by atoms with Crippen molar-refractivity contribution in [2.45, 2.75) is 52.4 Å². The number of benzene rings is 9. The third kappa shape index (κ3) is 7.18. The van der Waals surface area contributed by atoms with E-state index in [0.29, 0.717) is 0 Å². The van der Waals surface area contributed by atoms with E-state index in [-0.39, 0.29) is 10.8 Å². The molecule has 0 N–H and O–H groups in total. The van der Waals surface area contributed by atoms with Gasteiger partial charge < -0.3 is 4.40 Å². The van der Waals surface area contributed by atoms with E-state index in [2.05, 4.69) is 279 Å². The van der Waals surface area contributed by atoms with Crippen molar-refractivity contribution in [1.82, 2.24) is 23.1 Å². The van der Waals surface area contributed by atoms with Crippen LogP contribution in [-0.2, 0) is 30.2 Å². The third-order valence-electron chi connectivity index (χ3n) is 15.3. The molecular weight excluding hydrogens is 1100 g/mol. The Balaban J connectivity index is 0.923. The summed E-state index contributed by atoms with van der Waals surface area (Å²) in [6, 6.07) is 74.9. The van der Waals surface area contributed by atoms with Crippen LogP contribution in [0, 0.1) is 3.80 Å². The van der Waals surface area contributed by atoms with Crippen molar-refractivity contribution in [3.05, 3.63) is 227 Å². The Labute approximate surface area is 446 Å². The predicted molar refractivity (Wildman–Crippen MR) is 307 cm³/mol. The Morgan fingerprint density at radius 3 is 1.72 bits per heavy atom. The molecule has 0 radical (unpaired) electrons. The number of aromatic nitrogens is 5. The van der Waals surface area contributed by atoms with Gasteiger partial charge in [0.15, 0.2) is 0 Å². The van der Waals surface area contributed by atoms with E-state index in [0.717, 1.165) is 65.5 Å². The van der Waals surface area contributed by atoms with Gasteiger partial charge in [0, 0.05) is 27.7 Å². The van der Waals surface area contributed by atoms with Crippen LogP contribution in [0.5, 0.6) is 11.5 Å². The zero-order valence-corrected chi connectivity index (χ0v) is 44.9. The molecule has 0 aliphatic heterocycles. The second-order valence-corrected chi connectivity index (χ2v) is 23.0. The molecular formula is C68H53N5OPt. The van der Waals surface area contributed by atoms with Gasteiger partial charge in [0.25, 0.3) is 0 Å². The van der Waals surface area contributed by atoms with Gasteiger partial charge >= 0.3 is 346 Å². The summed E-state index contributed by atoms with van der Waals surface area (Å²) in [5.74, 6) is 2.34. The van der Waals surface area contributed by atoms with Gasteiger partial charge in [-0.1, -0.05) is 42.5 Å². The van der Waals surface area contributed by atoms with Crippen LogP contribution in [-0.4, -0.2) is 23.1 Å². The van der Waals surface area contributed by atoms with E-state index >= 15 is 0 Å². The van der Waals surface area contributed by atoms with E-state index in [4.69, 9.17) is 9.72 Å². The summed E-state index contributed by atoms with van der Waals surface area (Å²) >= 11 is 2.54. The van der Waals surface area contributed by atoms with Crippen molar-refractivity contribution in [2.24, 2.45) is 0 Å². The first-order valence-corrected chi connectivity index (χ1v) is 26.9. The Bertz CT molecular complexity index is 4620. The minimum absolute atomic E-state index is 0.0403. The van der Waals surface area contributed by atoms with Gasteiger partial charge in [-0.05, 0) is 12.1 Å². The van der Waals surface area contributed by atoms with Crippen LogP contribution in [0.4, 0.5) is 0 Å². The van der Waals surface area contributed by atoms with Gasteiger partial charge in [0.05, 0.1) is 16.6 Å². The molecule has 0 saturated heterocycles. The number of ether oxygens (including phenoxy) is 1. The van der Waals surface area contributed by atoms with Gasteiger partial charge in [-0.25, -0.2) is 0 Å². The van der Waals surface area contributed by atoms with Crippen LogP contribution in [0.2, 0.25) is 0 Å². The number of hydrogen-bond donors (Lipinski definition) is 0. The number of nitrogens with zero attached hydrogens (tertiary/aromatic N) is 5. The fourth-order valence-electron chi connectivity index (χ4n) is 11.6. The van der Waals surface area contributed by atoms with Crippen LogP contribution >= 0.6 is 0 Å². The molecule has 0 aliphatic carbocycles. The molecule has 0 amide bonds. The van der Waals surface area contributed by atoms with Crippen molar-refractivity contribution in [3.8, 4) is 50.9 Å². The maximum atomic E-state index is 6.95. The minimum atomic E-state index is -0.0403. The monoisotopic (exact) mass is 1150 g/mol. The first kappa shape index (κ1) is 45.3. The normalized spacial score (nSPS) is 12.5. The van der Waals surface area contributed by atoms with Gasteiger partial charge in [-0.15, -0.1) is 0 Å². The van der Waals surface area contributed by atoms with Crippen molar-refractivity contribution in [2.75, 3.05) is 0 Å². The predicted octanol–water partition coefficient (Wildman–Crippen LogP) is 17.9. The second kappa shape index (κ2) is 16.9.